The van der Waals surface area contributed by atoms with Gasteiger partial charge in [0.05, 0.1) is 10.7 Å². The molecule has 1 heterocycles. The Balaban J connectivity index is 2.69. The first-order chi connectivity index (χ1) is 6.29. The fraction of sp³-hybridized carbons (Fsp3) is 0.556. The van der Waals surface area contributed by atoms with Gasteiger partial charge in [0.15, 0.2) is 5.76 Å². The van der Waals surface area contributed by atoms with E-state index in [-0.39, 0.29) is 0 Å². The number of hydrogen-bond acceptors (Lipinski definition) is 3. The van der Waals surface area contributed by atoms with E-state index in [2.05, 4.69) is 15.9 Å². The van der Waals surface area contributed by atoms with Crippen molar-refractivity contribution in [2.45, 2.75) is 20.1 Å². The summed E-state index contributed by atoms with van der Waals surface area (Å²) in [5, 5.41) is 0. The van der Waals surface area contributed by atoms with Crippen molar-refractivity contribution < 1.29 is 13.9 Å². The quantitative estimate of drug-likeness (QED) is 0.751. The Morgan fingerprint density at radius 1 is 1.38 bits per heavy atom. The molecule has 74 valence electrons. The molecule has 4 heteroatoms. The molecule has 13 heavy (non-hydrogen) atoms. The van der Waals surface area contributed by atoms with Gasteiger partial charge < -0.3 is 13.9 Å². The summed E-state index contributed by atoms with van der Waals surface area (Å²) >= 11 is 3.35. The van der Waals surface area contributed by atoms with Crippen molar-refractivity contribution in [3.8, 4) is 0 Å². The van der Waals surface area contributed by atoms with Crippen LogP contribution >= 0.6 is 15.9 Å². The van der Waals surface area contributed by atoms with E-state index in [0.717, 1.165) is 4.47 Å². The highest BCUT2D eigenvalue weighted by Gasteiger charge is 2.17. The molecule has 0 bridgehead atoms. The molecule has 0 aromatic carbocycles. The molecule has 0 saturated carbocycles. The summed E-state index contributed by atoms with van der Waals surface area (Å²) in [7, 11) is 0. The molecular weight excluding hydrogens is 236 g/mol. The van der Waals surface area contributed by atoms with E-state index in [1.54, 1.807) is 6.26 Å². The zero-order chi connectivity index (χ0) is 9.68. The molecule has 0 aliphatic rings. The van der Waals surface area contributed by atoms with Gasteiger partial charge in [0.1, 0.15) is 0 Å². The van der Waals surface area contributed by atoms with E-state index >= 15 is 0 Å². The van der Waals surface area contributed by atoms with Gasteiger partial charge in [0, 0.05) is 13.2 Å². The second kappa shape index (κ2) is 5.42. The highest BCUT2D eigenvalue weighted by molar-refractivity contribution is 9.10. The first-order valence-electron chi connectivity index (χ1n) is 4.25. The highest BCUT2D eigenvalue weighted by atomic mass is 79.9. The van der Waals surface area contributed by atoms with Gasteiger partial charge in [-0.3, -0.25) is 0 Å². The van der Waals surface area contributed by atoms with Crippen LogP contribution in [0.2, 0.25) is 0 Å². The minimum atomic E-state index is -0.403. The maximum absolute atomic E-state index is 5.36. The standard InChI is InChI=1S/C9H13BrO3/c1-3-11-9(12-4-2)8-7(10)5-6-13-8/h5-6,9H,3-4H2,1-2H3. The molecule has 3 nitrogen and oxygen atoms in total. The van der Waals surface area contributed by atoms with Gasteiger partial charge in [-0.1, -0.05) is 0 Å². The van der Waals surface area contributed by atoms with E-state index < -0.39 is 6.29 Å². The average Bonchev–Trinajstić information content (AvgIpc) is 2.51. The third-order valence-electron chi connectivity index (χ3n) is 1.49. The summed E-state index contributed by atoms with van der Waals surface area (Å²) in [5.74, 6) is 0.684. The topological polar surface area (TPSA) is 31.6 Å². The highest BCUT2D eigenvalue weighted by Crippen LogP contribution is 2.27. The van der Waals surface area contributed by atoms with Crippen molar-refractivity contribution in [3.05, 3.63) is 22.6 Å². The average molecular weight is 249 g/mol. The van der Waals surface area contributed by atoms with Crippen molar-refractivity contribution in [2.24, 2.45) is 0 Å². The van der Waals surface area contributed by atoms with Crippen molar-refractivity contribution in [1.82, 2.24) is 0 Å². The Morgan fingerprint density at radius 3 is 2.38 bits per heavy atom. The molecule has 0 unspecified atom stereocenters. The van der Waals surface area contributed by atoms with E-state index in [1.165, 1.54) is 0 Å². The Bertz CT molecular complexity index is 241. The lowest BCUT2D eigenvalue weighted by Crippen LogP contribution is -2.08. The van der Waals surface area contributed by atoms with Crippen LogP contribution in [0.5, 0.6) is 0 Å². The van der Waals surface area contributed by atoms with Crippen LogP contribution in [-0.2, 0) is 9.47 Å². The summed E-state index contributed by atoms with van der Waals surface area (Å²) < 4.78 is 16.8. The third-order valence-corrected chi connectivity index (χ3v) is 2.15. The molecule has 1 rings (SSSR count). The number of halogens is 1. The van der Waals surface area contributed by atoms with Crippen LogP contribution < -0.4 is 0 Å². The predicted molar refractivity (Wildman–Crippen MR) is 52.4 cm³/mol. The molecule has 0 fully saturated rings. The molecule has 1 aromatic rings. The summed E-state index contributed by atoms with van der Waals surface area (Å²) in [6, 6.07) is 1.82. The summed E-state index contributed by atoms with van der Waals surface area (Å²) in [6.45, 7) is 5.03. The van der Waals surface area contributed by atoms with Crippen LogP contribution in [0.3, 0.4) is 0 Å². The molecule has 0 amide bonds. The SMILES string of the molecule is CCOC(OCC)c1occc1Br. The van der Waals surface area contributed by atoms with Gasteiger partial charge in [0.2, 0.25) is 6.29 Å². The first-order valence-corrected chi connectivity index (χ1v) is 5.05. The van der Waals surface area contributed by atoms with E-state index in [4.69, 9.17) is 13.9 Å². The fourth-order valence-electron chi connectivity index (χ4n) is 0.976. The fourth-order valence-corrected chi connectivity index (χ4v) is 1.36. The van der Waals surface area contributed by atoms with E-state index in [0.29, 0.717) is 19.0 Å². The molecule has 0 saturated heterocycles. The second-order valence-corrected chi connectivity index (χ2v) is 3.23. The minimum Gasteiger partial charge on any atom is -0.463 e. The van der Waals surface area contributed by atoms with Crippen LogP contribution in [-0.4, -0.2) is 13.2 Å². The van der Waals surface area contributed by atoms with E-state index in [1.807, 2.05) is 19.9 Å². The molecular formula is C9H13BrO3. The normalized spacial score (nSPS) is 11.1. The Labute approximate surface area is 86.1 Å². The molecule has 0 aliphatic carbocycles. The number of hydrogen-bond donors (Lipinski definition) is 0. The van der Waals surface area contributed by atoms with Crippen molar-refractivity contribution in [3.63, 3.8) is 0 Å². The summed E-state index contributed by atoms with van der Waals surface area (Å²) in [6.07, 6.45) is 1.20. The zero-order valence-electron chi connectivity index (χ0n) is 7.75. The lowest BCUT2D eigenvalue weighted by atomic mass is 10.4. The maximum atomic E-state index is 5.36. The number of rotatable bonds is 5. The molecule has 0 atom stereocenters. The zero-order valence-corrected chi connectivity index (χ0v) is 9.33. The first kappa shape index (κ1) is 10.8. The molecule has 0 aliphatic heterocycles. The number of ether oxygens (including phenoxy) is 2. The smallest absolute Gasteiger partial charge is 0.218 e. The van der Waals surface area contributed by atoms with Crippen molar-refractivity contribution in [2.75, 3.05) is 13.2 Å². The summed E-state index contributed by atoms with van der Waals surface area (Å²) in [5.41, 5.74) is 0. The van der Waals surface area contributed by atoms with Gasteiger partial charge in [-0.2, -0.15) is 0 Å². The van der Waals surface area contributed by atoms with Crippen LogP contribution in [0.25, 0.3) is 0 Å². The molecule has 0 radical (unpaired) electrons. The second-order valence-electron chi connectivity index (χ2n) is 2.38. The number of furan rings is 1. The van der Waals surface area contributed by atoms with E-state index in [9.17, 15) is 0 Å². The third kappa shape index (κ3) is 2.83. The van der Waals surface area contributed by atoms with Gasteiger partial charge >= 0.3 is 0 Å². The van der Waals surface area contributed by atoms with Crippen LogP contribution in [0, 0.1) is 0 Å². The lowest BCUT2D eigenvalue weighted by molar-refractivity contribution is -0.151. The van der Waals surface area contributed by atoms with Crippen LogP contribution in [0.4, 0.5) is 0 Å². The van der Waals surface area contributed by atoms with Crippen molar-refractivity contribution in [1.29, 1.82) is 0 Å². The Morgan fingerprint density at radius 2 is 2.00 bits per heavy atom. The van der Waals surface area contributed by atoms with Gasteiger partial charge in [-0.05, 0) is 35.8 Å². The van der Waals surface area contributed by atoms with Crippen LogP contribution in [0.15, 0.2) is 21.2 Å². The van der Waals surface area contributed by atoms with Crippen molar-refractivity contribution >= 4 is 15.9 Å². The molecule has 1 aromatic heterocycles. The van der Waals surface area contributed by atoms with Gasteiger partial charge in [-0.15, -0.1) is 0 Å². The van der Waals surface area contributed by atoms with Gasteiger partial charge in [0.25, 0.3) is 0 Å². The largest absolute Gasteiger partial charge is 0.463 e. The molecule has 0 spiro atoms. The monoisotopic (exact) mass is 248 g/mol. The van der Waals surface area contributed by atoms with Crippen LogP contribution in [0.1, 0.15) is 25.9 Å². The van der Waals surface area contributed by atoms with Gasteiger partial charge in [-0.25, -0.2) is 0 Å². The minimum absolute atomic E-state index is 0.403. The lowest BCUT2D eigenvalue weighted by Gasteiger charge is -2.14. The maximum Gasteiger partial charge on any atom is 0.218 e. The molecule has 0 N–H and O–H groups in total. The predicted octanol–water partition coefficient (Wildman–Crippen LogP) is 3.11. The Hall–Kier alpha value is -0.320. The Kier molecular flexibility index (Phi) is 4.48. The summed E-state index contributed by atoms with van der Waals surface area (Å²) in [4.78, 5) is 0.